The highest BCUT2D eigenvalue weighted by atomic mass is 14.8. The zero-order chi connectivity index (χ0) is 10.9. The van der Waals surface area contributed by atoms with Crippen molar-refractivity contribution in [1.29, 1.82) is 0 Å². The molecule has 0 unspecified atom stereocenters. The van der Waals surface area contributed by atoms with Gasteiger partial charge < -0.3 is 5.32 Å². The molecule has 0 saturated carbocycles. The van der Waals surface area contributed by atoms with Crippen molar-refractivity contribution in [3.63, 3.8) is 0 Å². The SMILES string of the molecule is CCCCCNCCc1cccc(C)c1. The third-order valence-corrected chi connectivity index (χ3v) is 2.63. The number of nitrogens with one attached hydrogen (secondary N) is 1. The van der Waals surface area contributed by atoms with Crippen LogP contribution in [0.5, 0.6) is 0 Å². The number of rotatable bonds is 7. The van der Waals surface area contributed by atoms with Crippen LogP contribution in [-0.4, -0.2) is 13.1 Å². The molecule has 1 nitrogen and oxygen atoms in total. The van der Waals surface area contributed by atoms with Gasteiger partial charge in [-0.15, -0.1) is 0 Å². The van der Waals surface area contributed by atoms with Crippen LogP contribution < -0.4 is 5.32 Å². The molecule has 0 spiro atoms. The molecular formula is C14H23N. The number of aryl methyl sites for hydroxylation is 1. The van der Waals surface area contributed by atoms with Gasteiger partial charge in [0, 0.05) is 0 Å². The van der Waals surface area contributed by atoms with Crippen LogP contribution in [0.4, 0.5) is 0 Å². The molecule has 84 valence electrons. The minimum absolute atomic E-state index is 1.10. The number of unbranched alkanes of at least 4 members (excludes halogenated alkanes) is 2. The lowest BCUT2D eigenvalue weighted by Crippen LogP contribution is -2.18. The van der Waals surface area contributed by atoms with Crippen LogP contribution in [-0.2, 0) is 6.42 Å². The molecule has 0 aliphatic rings. The molecule has 0 aromatic heterocycles. The fraction of sp³-hybridized carbons (Fsp3) is 0.571. The molecular weight excluding hydrogens is 182 g/mol. The van der Waals surface area contributed by atoms with E-state index in [0.29, 0.717) is 0 Å². The van der Waals surface area contributed by atoms with Crippen LogP contribution in [0, 0.1) is 6.92 Å². The van der Waals surface area contributed by atoms with Crippen LogP contribution in [0.1, 0.15) is 37.3 Å². The highest BCUT2D eigenvalue weighted by Crippen LogP contribution is 2.03. The van der Waals surface area contributed by atoms with Crippen molar-refractivity contribution >= 4 is 0 Å². The maximum absolute atomic E-state index is 3.49. The summed E-state index contributed by atoms with van der Waals surface area (Å²) < 4.78 is 0. The van der Waals surface area contributed by atoms with E-state index in [1.54, 1.807) is 0 Å². The summed E-state index contributed by atoms with van der Waals surface area (Å²) in [7, 11) is 0. The molecule has 1 aromatic carbocycles. The molecule has 15 heavy (non-hydrogen) atoms. The van der Waals surface area contributed by atoms with Gasteiger partial charge >= 0.3 is 0 Å². The normalized spacial score (nSPS) is 10.5. The van der Waals surface area contributed by atoms with Crippen molar-refractivity contribution in [1.82, 2.24) is 5.32 Å². The first-order valence-electron chi connectivity index (χ1n) is 6.09. The maximum Gasteiger partial charge on any atom is -0.000835 e. The summed E-state index contributed by atoms with van der Waals surface area (Å²) in [5.74, 6) is 0. The second-order valence-electron chi connectivity index (χ2n) is 4.20. The summed E-state index contributed by atoms with van der Waals surface area (Å²) in [6.07, 6.45) is 5.11. The van der Waals surface area contributed by atoms with Gasteiger partial charge in [-0.3, -0.25) is 0 Å². The molecule has 0 aliphatic heterocycles. The predicted molar refractivity (Wildman–Crippen MR) is 67.3 cm³/mol. The van der Waals surface area contributed by atoms with Crippen molar-refractivity contribution in [2.45, 2.75) is 39.5 Å². The monoisotopic (exact) mass is 205 g/mol. The first-order valence-corrected chi connectivity index (χ1v) is 6.09. The summed E-state index contributed by atoms with van der Waals surface area (Å²) in [6.45, 7) is 6.66. The highest BCUT2D eigenvalue weighted by Gasteiger charge is 1.93. The zero-order valence-corrected chi connectivity index (χ0v) is 10.1. The standard InChI is InChI=1S/C14H23N/c1-3-4-5-10-15-11-9-14-8-6-7-13(2)12-14/h6-8,12,15H,3-5,9-11H2,1-2H3. The van der Waals surface area contributed by atoms with Gasteiger partial charge in [0.2, 0.25) is 0 Å². The van der Waals surface area contributed by atoms with Crippen molar-refractivity contribution < 1.29 is 0 Å². The lowest BCUT2D eigenvalue weighted by atomic mass is 10.1. The van der Waals surface area contributed by atoms with E-state index in [9.17, 15) is 0 Å². The lowest BCUT2D eigenvalue weighted by molar-refractivity contribution is 0.617. The quantitative estimate of drug-likeness (QED) is 0.673. The van der Waals surface area contributed by atoms with Gasteiger partial charge in [-0.05, 0) is 38.4 Å². The molecule has 0 heterocycles. The molecule has 0 radical (unpaired) electrons. The smallest absolute Gasteiger partial charge is 0.000835 e. The Labute approximate surface area is 93.9 Å². The van der Waals surface area contributed by atoms with E-state index in [0.717, 1.165) is 13.0 Å². The number of benzene rings is 1. The average Bonchev–Trinajstić information content (AvgIpc) is 2.23. The van der Waals surface area contributed by atoms with Gasteiger partial charge in [0.15, 0.2) is 0 Å². The van der Waals surface area contributed by atoms with Gasteiger partial charge in [0.25, 0.3) is 0 Å². The number of hydrogen-bond donors (Lipinski definition) is 1. The highest BCUT2D eigenvalue weighted by molar-refractivity contribution is 5.22. The van der Waals surface area contributed by atoms with E-state index in [1.165, 1.54) is 36.9 Å². The lowest BCUT2D eigenvalue weighted by Gasteiger charge is -2.05. The molecule has 0 fully saturated rings. The molecule has 1 rings (SSSR count). The van der Waals surface area contributed by atoms with E-state index in [4.69, 9.17) is 0 Å². The molecule has 0 saturated heterocycles. The summed E-state index contributed by atoms with van der Waals surface area (Å²) >= 11 is 0. The van der Waals surface area contributed by atoms with Gasteiger partial charge in [-0.1, -0.05) is 49.6 Å². The Morgan fingerprint density at radius 2 is 2.00 bits per heavy atom. The fourth-order valence-electron chi connectivity index (χ4n) is 1.73. The third-order valence-electron chi connectivity index (χ3n) is 2.63. The van der Waals surface area contributed by atoms with E-state index >= 15 is 0 Å². The van der Waals surface area contributed by atoms with Crippen LogP contribution in [0.15, 0.2) is 24.3 Å². The largest absolute Gasteiger partial charge is 0.316 e. The summed E-state index contributed by atoms with van der Waals surface area (Å²) in [6, 6.07) is 8.77. The van der Waals surface area contributed by atoms with Crippen LogP contribution in [0.3, 0.4) is 0 Å². The van der Waals surface area contributed by atoms with Crippen LogP contribution in [0.25, 0.3) is 0 Å². The van der Waals surface area contributed by atoms with E-state index in [1.807, 2.05) is 0 Å². The van der Waals surface area contributed by atoms with Crippen LogP contribution in [0.2, 0.25) is 0 Å². The van der Waals surface area contributed by atoms with Gasteiger partial charge in [0.1, 0.15) is 0 Å². The van der Waals surface area contributed by atoms with Crippen molar-refractivity contribution in [2.24, 2.45) is 0 Å². The molecule has 0 atom stereocenters. The van der Waals surface area contributed by atoms with Crippen molar-refractivity contribution in [2.75, 3.05) is 13.1 Å². The topological polar surface area (TPSA) is 12.0 Å². The Morgan fingerprint density at radius 1 is 1.13 bits per heavy atom. The van der Waals surface area contributed by atoms with Crippen LogP contribution >= 0.6 is 0 Å². The molecule has 1 heteroatoms. The zero-order valence-electron chi connectivity index (χ0n) is 10.1. The predicted octanol–water partition coefficient (Wildman–Crippen LogP) is 3.32. The Kier molecular flexibility index (Phi) is 6.10. The van der Waals surface area contributed by atoms with E-state index in [-0.39, 0.29) is 0 Å². The second-order valence-corrected chi connectivity index (χ2v) is 4.20. The fourth-order valence-corrected chi connectivity index (χ4v) is 1.73. The molecule has 0 aliphatic carbocycles. The average molecular weight is 205 g/mol. The molecule has 0 bridgehead atoms. The Hall–Kier alpha value is -0.820. The minimum atomic E-state index is 1.10. The first-order chi connectivity index (χ1) is 7.33. The first kappa shape index (κ1) is 12.3. The van der Waals surface area contributed by atoms with E-state index < -0.39 is 0 Å². The summed E-state index contributed by atoms with van der Waals surface area (Å²) in [5, 5.41) is 3.49. The number of hydrogen-bond acceptors (Lipinski definition) is 1. The van der Waals surface area contributed by atoms with Crippen molar-refractivity contribution in [3.8, 4) is 0 Å². The molecule has 0 amide bonds. The minimum Gasteiger partial charge on any atom is -0.316 e. The summed E-state index contributed by atoms with van der Waals surface area (Å²) in [5.41, 5.74) is 2.80. The Morgan fingerprint density at radius 3 is 2.73 bits per heavy atom. The maximum atomic E-state index is 3.49. The van der Waals surface area contributed by atoms with Gasteiger partial charge in [-0.2, -0.15) is 0 Å². The molecule has 1 aromatic rings. The Bertz CT molecular complexity index is 268. The van der Waals surface area contributed by atoms with Gasteiger partial charge in [-0.25, -0.2) is 0 Å². The van der Waals surface area contributed by atoms with Gasteiger partial charge in [0.05, 0.1) is 0 Å². The third kappa shape index (κ3) is 5.58. The van der Waals surface area contributed by atoms with E-state index in [2.05, 4.69) is 43.4 Å². The second kappa shape index (κ2) is 7.47. The van der Waals surface area contributed by atoms with Crippen molar-refractivity contribution in [3.05, 3.63) is 35.4 Å². The Balaban J connectivity index is 2.10. The molecule has 1 N–H and O–H groups in total. The summed E-state index contributed by atoms with van der Waals surface area (Å²) in [4.78, 5) is 0.